The molecule has 0 aliphatic carbocycles. The maximum Gasteiger partial charge on any atom is 0.106 e. The van der Waals surface area contributed by atoms with Gasteiger partial charge in [-0.2, -0.15) is 0 Å². The van der Waals surface area contributed by atoms with Crippen LogP contribution in [0.2, 0.25) is 0 Å². The molecule has 0 spiro atoms. The highest BCUT2D eigenvalue weighted by molar-refractivity contribution is 5.76. The summed E-state index contributed by atoms with van der Waals surface area (Å²) in [5.41, 5.74) is 5.26. The van der Waals surface area contributed by atoms with Crippen LogP contribution in [-0.2, 0) is 4.74 Å². The SMILES string of the molecule is Cc1cccc(C2=CCOC=C2)c1C. The molecule has 1 nitrogen and oxygen atoms in total. The molecule has 0 amide bonds. The normalized spacial score (nSPS) is 14.9. The first-order valence-corrected chi connectivity index (χ1v) is 4.84. The van der Waals surface area contributed by atoms with E-state index < -0.39 is 0 Å². The minimum Gasteiger partial charge on any atom is -0.497 e. The van der Waals surface area contributed by atoms with Crippen LogP contribution >= 0.6 is 0 Å². The molecule has 1 aromatic rings. The topological polar surface area (TPSA) is 9.23 Å². The Kier molecular flexibility index (Phi) is 2.40. The zero-order chi connectivity index (χ0) is 9.97. The van der Waals surface area contributed by atoms with E-state index >= 15 is 0 Å². The molecule has 72 valence electrons. The van der Waals surface area contributed by atoms with Gasteiger partial charge in [0.05, 0.1) is 6.26 Å². The zero-order valence-electron chi connectivity index (χ0n) is 8.58. The summed E-state index contributed by atoms with van der Waals surface area (Å²) in [5.74, 6) is 0. The van der Waals surface area contributed by atoms with Crippen molar-refractivity contribution in [1.29, 1.82) is 0 Å². The number of hydrogen-bond donors (Lipinski definition) is 0. The highest BCUT2D eigenvalue weighted by Gasteiger charge is 2.05. The van der Waals surface area contributed by atoms with Crippen LogP contribution in [0.3, 0.4) is 0 Å². The summed E-state index contributed by atoms with van der Waals surface area (Å²) in [6.45, 7) is 4.98. The average Bonchev–Trinajstić information content (AvgIpc) is 2.23. The number of rotatable bonds is 1. The van der Waals surface area contributed by atoms with Gasteiger partial charge in [-0.25, -0.2) is 0 Å². The molecule has 0 saturated carbocycles. The van der Waals surface area contributed by atoms with Crippen molar-refractivity contribution in [2.75, 3.05) is 6.61 Å². The molecule has 1 heterocycles. The van der Waals surface area contributed by atoms with Gasteiger partial charge in [0.1, 0.15) is 6.61 Å². The second-order valence-electron chi connectivity index (χ2n) is 3.54. The fourth-order valence-electron chi connectivity index (χ4n) is 1.65. The van der Waals surface area contributed by atoms with Gasteiger partial charge in [-0.1, -0.05) is 18.2 Å². The summed E-state index contributed by atoms with van der Waals surface area (Å²) in [4.78, 5) is 0. The lowest BCUT2D eigenvalue weighted by molar-refractivity contribution is 0.287. The summed E-state index contributed by atoms with van der Waals surface area (Å²) >= 11 is 0. The van der Waals surface area contributed by atoms with E-state index in [1.807, 2.05) is 6.08 Å². The van der Waals surface area contributed by atoms with E-state index in [1.165, 1.54) is 22.3 Å². The van der Waals surface area contributed by atoms with Crippen LogP contribution in [-0.4, -0.2) is 6.61 Å². The Bertz CT molecular complexity index is 400. The highest BCUT2D eigenvalue weighted by atomic mass is 16.5. The monoisotopic (exact) mass is 186 g/mol. The average molecular weight is 186 g/mol. The summed E-state index contributed by atoms with van der Waals surface area (Å²) in [5, 5.41) is 0. The van der Waals surface area contributed by atoms with Gasteiger partial charge >= 0.3 is 0 Å². The Morgan fingerprint density at radius 1 is 1.21 bits per heavy atom. The molecule has 0 N–H and O–H groups in total. The van der Waals surface area contributed by atoms with E-state index in [-0.39, 0.29) is 0 Å². The van der Waals surface area contributed by atoms with Crippen molar-refractivity contribution >= 4 is 5.57 Å². The standard InChI is InChI=1S/C13H14O/c1-10-4-3-5-13(11(10)2)12-6-8-14-9-7-12/h3-8H,9H2,1-2H3. The molecule has 0 saturated heterocycles. The van der Waals surface area contributed by atoms with Crippen LogP contribution in [0.25, 0.3) is 5.57 Å². The molecule has 0 atom stereocenters. The molecule has 0 bridgehead atoms. The summed E-state index contributed by atoms with van der Waals surface area (Å²) in [6.07, 6.45) is 5.89. The van der Waals surface area contributed by atoms with Gasteiger partial charge in [0, 0.05) is 0 Å². The smallest absolute Gasteiger partial charge is 0.106 e. The Balaban J connectivity index is 2.46. The Hall–Kier alpha value is -1.50. The van der Waals surface area contributed by atoms with Crippen molar-refractivity contribution in [2.45, 2.75) is 13.8 Å². The molecular formula is C13H14O. The zero-order valence-corrected chi connectivity index (χ0v) is 8.58. The number of benzene rings is 1. The van der Waals surface area contributed by atoms with Crippen LogP contribution < -0.4 is 0 Å². The molecule has 0 radical (unpaired) electrons. The third-order valence-corrected chi connectivity index (χ3v) is 2.66. The van der Waals surface area contributed by atoms with E-state index in [4.69, 9.17) is 4.74 Å². The fraction of sp³-hybridized carbons (Fsp3) is 0.231. The first kappa shape index (κ1) is 9.07. The first-order valence-electron chi connectivity index (χ1n) is 4.84. The quantitative estimate of drug-likeness (QED) is 0.654. The fourth-order valence-corrected chi connectivity index (χ4v) is 1.65. The molecule has 0 aromatic heterocycles. The van der Waals surface area contributed by atoms with Crippen LogP contribution in [0.15, 0.2) is 36.6 Å². The maximum atomic E-state index is 5.13. The summed E-state index contributed by atoms with van der Waals surface area (Å²) < 4.78 is 5.13. The van der Waals surface area contributed by atoms with Crippen molar-refractivity contribution in [3.8, 4) is 0 Å². The number of allylic oxidation sites excluding steroid dienone is 2. The van der Waals surface area contributed by atoms with Gasteiger partial charge in [-0.05, 0) is 48.3 Å². The lowest BCUT2D eigenvalue weighted by atomic mass is 9.96. The van der Waals surface area contributed by atoms with Crippen molar-refractivity contribution in [3.63, 3.8) is 0 Å². The third kappa shape index (κ3) is 1.58. The predicted octanol–water partition coefficient (Wildman–Crippen LogP) is 3.23. The van der Waals surface area contributed by atoms with Crippen molar-refractivity contribution in [2.24, 2.45) is 0 Å². The van der Waals surface area contributed by atoms with E-state index in [0.717, 1.165) is 0 Å². The summed E-state index contributed by atoms with van der Waals surface area (Å²) in [6, 6.07) is 6.40. The van der Waals surface area contributed by atoms with Gasteiger partial charge in [0.2, 0.25) is 0 Å². The van der Waals surface area contributed by atoms with E-state index in [0.29, 0.717) is 6.61 Å². The molecule has 0 unspecified atom stereocenters. The molecule has 1 aliphatic heterocycles. The Morgan fingerprint density at radius 3 is 2.79 bits per heavy atom. The lowest BCUT2D eigenvalue weighted by Crippen LogP contribution is -1.95. The largest absolute Gasteiger partial charge is 0.497 e. The molecule has 1 aliphatic rings. The third-order valence-electron chi connectivity index (χ3n) is 2.66. The lowest BCUT2D eigenvalue weighted by Gasteiger charge is -2.12. The highest BCUT2D eigenvalue weighted by Crippen LogP contribution is 2.23. The molecule has 1 aromatic carbocycles. The molecule has 1 heteroatoms. The van der Waals surface area contributed by atoms with Crippen molar-refractivity contribution < 1.29 is 4.74 Å². The minimum atomic E-state index is 0.680. The molecular weight excluding hydrogens is 172 g/mol. The van der Waals surface area contributed by atoms with Gasteiger partial charge in [0.15, 0.2) is 0 Å². The van der Waals surface area contributed by atoms with E-state index in [9.17, 15) is 0 Å². The van der Waals surface area contributed by atoms with Crippen LogP contribution in [0, 0.1) is 13.8 Å². The van der Waals surface area contributed by atoms with Gasteiger partial charge in [-0.3, -0.25) is 0 Å². The van der Waals surface area contributed by atoms with Gasteiger partial charge in [0.25, 0.3) is 0 Å². The second-order valence-corrected chi connectivity index (χ2v) is 3.54. The van der Waals surface area contributed by atoms with Crippen LogP contribution in [0.1, 0.15) is 16.7 Å². The summed E-state index contributed by atoms with van der Waals surface area (Å²) in [7, 11) is 0. The van der Waals surface area contributed by atoms with Gasteiger partial charge in [-0.15, -0.1) is 0 Å². The molecule has 2 rings (SSSR count). The molecule has 0 fully saturated rings. The van der Waals surface area contributed by atoms with E-state index in [2.05, 4.69) is 38.1 Å². The minimum absolute atomic E-state index is 0.680. The first-order chi connectivity index (χ1) is 6.79. The predicted molar refractivity (Wildman–Crippen MR) is 59.0 cm³/mol. The maximum absolute atomic E-state index is 5.13. The van der Waals surface area contributed by atoms with Crippen LogP contribution in [0.5, 0.6) is 0 Å². The van der Waals surface area contributed by atoms with Crippen molar-refractivity contribution in [1.82, 2.24) is 0 Å². The number of aryl methyl sites for hydroxylation is 1. The van der Waals surface area contributed by atoms with E-state index in [1.54, 1.807) is 6.26 Å². The number of hydrogen-bond acceptors (Lipinski definition) is 1. The number of ether oxygens (including phenoxy) is 1. The van der Waals surface area contributed by atoms with Gasteiger partial charge < -0.3 is 4.74 Å². The second kappa shape index (κ2) is 3.70. The van der Waals surface area contributed by atoms with Crippen LogP contribution in [0.4, 0.5) is 0 Å². The Morgan fingerprint density at radius 2 is 2.07 bits per heavy atom. The Labute approximate surface area is 84.7 Å². The molecule has 14 heavy (non-hydrogen) atoms. The van der Waals surface area contributed by atoms with Crippen molar-refractivity contribution in [3.05, 3.63) is 53.3 Å².